The van der Waals surface area contributed by atoms with Crippen LogP contribution in [-0.2, 0) is 21.9 Å². The molecule has 0 saturated carbocycles. The van der Waals surface area contributed by atoms with Crippen LogP contribution in [0.15, 0.2) is 52.4 Å². The lowest BCUT2D eigenvalue weighted by molar-refractivity contribution is -0.122. The lowest BCUT2D eigenvalue weighted by Crippen LogP contribution is -2.42. The number of methoxy groups -OCH3 is 1. The number of nitrogens with zero attached hydrogens (tertiary/aromatic N) is 3. The summed E-state index contributed by atoms with van der Waals surface area (Å²) in [5, 5.41) is 0. The Labute approximate surface area is 198 Å². The van der Waals surface area contributed by atoms with Gasteiger partial charge in [-0.05, 0) is 60.7 Å². The van der Waals surface area contributed by atoms with Gasteiger partial charge < -0.3 is 9.30 Å². The van der Waals surface area contributed by atoms with Crippen molar-refractivity contribution in [2.75, 3.05) is 20.2 Å². The predicted molar refractivity (Wildman–Crippen MR) is 130 cm³/mol. The largest absolute Gasteiger partial charge is 0.497 e. The van der Waals surface area contributed by atoms with Gasteiger partial charge in [0.1, 0.15) is 5.75 Å². The molecule has 1 atom stereocenters. The topological polar surface area (TPSA) is 81.0 Å². The summed E-state index contributed by atoms with van der Waals surface area (Å²) in [6, 6.07) is 12.6. The van der Waals surface area contributed by atoms with Crippen molar-refractivity contribution in [2.24, 2.45) is 18.0 Å². The monoisotopic (exact) mass is 487 g/mol. The van der Waals surface area contributed by atoms with Gasteiger partial charge >= 0.3 is 0 Å². The zero-order valence-corrected chi connectivity index (χ0v) is 20.9. The Morgan fingerprint density at radius 2 is 1.91 bits per heavy atom. The van der Waals surface area contributed by atoms with Crippen molar-refractivity contribution in [1.82, 2.24) is 8.87 Å². The lowest BCUT2D eigenvalue weighted by atomic mass is 9.99. The van der Waals surface area contributed by atoms with E-state index in [0.29, 0.717) is 35.9 Å². The molecule has 4 rings (SSSR count). The highest BCUT2D eigenvalue weighted by atomic mass is 32.2. The van der Waals surface area contributed by atoms with Crippen molar-refractivity contribution < 1.29 is 17.9 Å². The van der Waals surface area contributed by atoms with Crippen LogP contribution in [0, 0.1) is 5.92 Å². The van der Waals surface area contributed by atoms with E-state index < -0.39 is 15.9 Å². The molecule has 2 aromatic carbocycles. The van der Waals surface area contributed by atoms with Crippen LogP contribution in [0.4, 0.5) is 0 Å². The lowest BCUT2D eigenvalue weighted by Gasteiger charge is -2.30. The minimum absolute atomic E-state index is 0.142. The fourth-order valence-corrected chi connectivity index (χ4v) is 6.66. The van der Waals surface area contributed by atoms with Gasteiger partial charge in [0, 0.05) is 20.1 Å². The van der Waals surface area contributed by atoms with Crippen molar-refractivity contribution >= 4 is 37.5 Å². The SMILES string of the molecule is COc1ccc(S(=O)(=O)N2CCCC(C(=O)N=c3sc4cc(C(C)C)ccc4n3C)C2)cc1. The van der Waals surface area contributed by atoms with Crippen LogP contribution in [0.2, 0.25) is 0 Å². The molecular weight excluding hydrogens is 458 g/mol. The number of aromatic nitrogens is 1. The standard InChI is InChI=1S/C24H29N3O4S2/c1-16(2)17-7-12-21-22(14-17)32-24(26(21)3)25-23(28)18-6-5-13-27(15-18)33(29,30)20-10-8-19(31-4)9-11-20/h7-12,14,16,18H,5-6,13,15H2,1-4H3. The van der Waals surface area contributed by atoms with E-state index in [-0.39, 0.29) is 17.3 Å². The molecule has 0 aliphatic carbocycles. The second kappa shape index (κ2) is 9.40. The Balaban J connectivity index is 1.57. The summed E-state index contributed by atoms with van der Waals surface area (Å²) in [5.41, 5.74) is 2.28. The molecule has 1 aromatic heterocycles. The average Bonchev–Trinajstić information content (AvgIpc) is 3.13. The second-order valence-electron chi connectivity index (χ2n) is 8.65. The summed E-state index contributed by atoms with van der Waals surface area (Å²) in [5.74, 6) is 0.292. The van der Waals surface area contributed by atoms with Gasteiger partial charge in [-0.3, -0.25) is 4.79 Å². The number of hydrogen-bond acceptors (Lipinski definition) is 5. The predicted octanol–water partition coefficient (Wildman–Crippen LogP) is 3.90. The number of hydrogen-bond donors (Lipinski definition) is 0. The van der Waals surface area contributed by atoms with E-state index in [4.69, 9.17) is 4.74 Å². The molecule has 7 nitrogen and oxygen atoms in total. The average molecular weight is 488 g/mol. The first-order chi connectivity index (χ1) is 15.7. The van der Waals surface area contributed by atoms with Crippen molar-refractivity contribution in [1.29, 1.82) is 0 Å². The number of carbonyl (C=O) groups is 1. The normalized spacial score (nSPS) is 18.2. The highest BCUT2D eigenvalue weighted by molar-refractivity contribution is 7.89. The number of thiazole rings is 1. The maximum atomic E-state index is 13.1. The molecule has 0 N–H and O–H groups in total. The minimum Gasteiger partial charge on any atom is -0.497 e. The fraction of sp³-hybridized carbons (Fsp3) is 0.417. The molecule has 1 unspecified atom stereocenters. The van der Waals surface area contributed by atoms with Crippen molar-refractivity contribution in [3.05, 3.63) is 52.8 Å². The van der Waals surface area contributed by atoms with Gasteiger partial charge in [0.25, 0.3) is 5.91 Å². The number of aryl methyl sites for hydroxylation is 1. The number of amides is 1. The molecule has 1 aliphatic heterocycles. The molecule has 1 saturated heterocycles. The van der Waals surface area contributed by atoms with E-state index in [1.165, 1.54) is 40.4 Å². The van der Waals surface area contributed by atoms with Gasteiger partial charge in [-0.2, -0.15) is 9.30 Å². The van der Waals surface area contributed by atoms with Crippen molar-refractivity contribution in [2.45, 2.75) is 37.5 Å². The van der Waals surface area contributed by atoms with E-state index >= 15 is 0 Å². The zero-order valence-electron chi connectivity index (χ0n) is 19.3. The van der Waals surface area contributed by atoms with Crippen LogP contribution in [0.3, 0.4) is 0 Å². The number of fused-ring (bicyclic) bond motifs is 1. The number of piperidine rings is 1. The summed E-state index contributed by atoms with van der Waals surface area (Å²) >= 11 is 1.49. The van der Waals surface area contributed by atoms with E-state index in [0.717, 1.165) is 10.2 Å². The highest BCUT2D eigenvalue weighted by Crippen LogP contribution is 2.26. The maximum Gasteiger partial charge on any atom is 0.252 e. The van der Waals surface area contributed by atoms with Crippen molar-refractivity contribution in [3.63, 3.8) is 0 Å². The van der Waals surface area contributed by atoms with Gasteiger partial charge in [0.2, 0.25) is 10.0 Å². The maximum absolute atomic E-state index is 13.1. The molecule has 33 heavy (non-hydrogen) atoms. The molecule has 0 bridgehead atoms. The molecule has 0 spiro atoms. The second-order valence-corrected chi connectivity index (χ2v) is 11.6. The molecule has 1 fully saturated rings. The Morgan fingerprint density at radius 3 is 2.58 bits per heavy atom. The van der Waals surface area contributed by atoms with Crippen LogP contribution < -0.4 is 9.54 Å². The number of rotatable bonds is 5. The van der Waals surface area contributed by atoms with Gasteiger partial charge in [-0.25, -0.2) is 8.42 Å². The summed E-state index contributed by atoms with van der Waals surface area (Å²) in [7, 11) is -0.247. The molecule has 1 aliphatic rings. The molecule has 9 heteroatoms. The first kappa shape index (κ1) is 23.7. The molecular formula is C24H29N3O4S2. The number of sulfonamides is 1. The van der Waals surface area contributed by atoms with Crippen LogP contribution in [0.1, 0.15) is 38.2 Å². The van der Waals surface area contributed by atoms with E-state index in [1.54, 1.807) is 12.1 Å². The number of carbonyl (C=O) groups excluding carboxylic acids is 1. The van der Waals surface area contributed by atoms with Crippen molar-refractivity contribution in [3.8, 4) is 5.75 Å². The van der Waals surface area contributed by atoms with Crippen LogP contribution in [0.25, 0.3) is 10.2 Å². The third-order valence-corrected chi connectivity index (χ3v) is 9.11. The third kappa shape index (κ3) is 4.76. The first-order valence-electron chi connectivity index (χ1n) is 11.0. The molecule has 1 amide bonds. The van der Waals surface area contributed by atoms with E-state index in [2.05, 4.69) is 37.0 Å². The van der Waals surface area contributed by atoms with Crippen LogP contribution >= 0.6 is 11.3 Å². The summed E-state index contributed by atoms with van der Waals surface area (Å²) in [6.45, 7) is 4.84. The zero-order chi connectivity index (χ0) is 23.8. The van der Waals surface area contributed by atoms with Gasteiger partial charge in [-0.1, -0.05) is 31.3 Å². The van der Waals surface area contributed by atoms with Crippen LogP contribution in [0.5, 0.6) is 5.75 Å². The van der Waals surface area contributed by atoms with Gasteiger partial charge in [0.15, 0.2) is 4.80 Å². The summed E-state index contributed by atoms with van der Waals surface area (Å²) < 4.78 is 35.8. The third-order valence-electron chi connectivity index (χ3n) is 6.14. The minimum atomic E-state index is -3.69. The van der Waals surface area contributed by atoms with E-state index in [1.807, 2.05) is 11.6 Å². The molecule has 176 valence electrons. The molecule has 0 radical (unpaired) electrons. The first-order valence-corrected chi connectivity index (χ1v) is 13.3. The van der Waals surface area contributed by atoms with Crippen LogP contribution in [-0.4, -0.2) is 43.4 Å². The highest BCUT2D eigenvalue weighted by Gasteiger charge is 2.33. The van der Waals surface area contributed by atoms with Gasteiger partial charge in [0.05, 0.1) is 28.1 Å². The summed E-state index contributed by atoms with van der Waals surface area (Å²) in [4.78, 5) is 18.3. The van der Waals surface area contributed by atoms with E-state index in [9.17, 15) is 13.2 Å². The Kier molecular flexibility index (Phi) is 6.74. The quantitative estimate of drug-likeness (QED) is 0.547. The Morgan fingerprint density at radius 1 is 1.18 bits per heavy atom. The smallest absolute Gasteiger partial charge is 0.252 e. The Bertz CT molecular complexity index is 1340. The number of benzene rings is 2. The number of ether oxygens (including phenoxy) is 1. The van der Waals surface area contributed by atoms with Gasteiger partial charge in [-0.15, -0.1) is 0 Å². The Hall–Kier alpha value is -2.49. The molecule has 2 heterocycles. The molecule has 3 aromatic rings. The summed E-state index contributed by atoms with van der Waals surface area (Å²) in [6.07, 6.45) is 1.25. The fourth-order valence-electron chi connectivity index (χ4n) is 4.06.